The molecule has 1 unspecified atom stereocenters. The summed E-state index contributed by atoms with van der Waals surface area (Å²) in [6.07, 6.45) is 0. The van der Waals surface area contributed by atoms with E-state index in [1.165, 1.54) is 0 Å². The van der Waals surface area contributed by atoms with Crippen molar-refractivity contribution in [1.29, 1.82) is 0 Å². The Morgan fingerprint density at radius 1 is 1.10 bits per heavy atom. The van der Waals surface area contributed by atoms with Gasteiger partial charge < -0.3 is 20.3 Å². The van der Waals surface area contributed by atoms with Crippen LogP contribution >= 0.6 is 0 Å². The molecule has 1 atom stereocenters. The summed E-state index contributed by atoms with van der Waals surface area (Å²) < 4.78 is 5.34. The first kappa shape index (κ1) is 16.4. The van der Waals surface area contributed by atoms with Gasteiger partial charge in [0, 0.05) is 19.6 Å². The average Bonchev–Trinajstić information content (AvgIpc) is 2.44. The number of rotatable bonds is 9. The molecular formula is C13H26N6O. The van der Waals surface area contributed by atoms with Gasteiger partial charge in [-0.05, 0) is 26.9 Å². The number of aromatic nitrogens is 3. The summed E-state index contributed by atoms with van der Waals surface area (Å²) in [7, 11) is 1.77. The summed E-state index contributed by atoms with van der Waals surface area (Å²) >= 11 is 0. The Hall–Kier alpha value is -1.63. The first-order valence-electron chi connectivity index (χ1n) is 7.18. The molecule has 2 N–H and O–H groups in total. The third-order valence-corrected chi connectivity index (χ3v) is 2.91. The van der Waals surface area contributed by atoms with Gasteiger partial charge in [-0.3, -0.25) is 0 Å². The molecule has 20 heavy (non-hydrogen) atoms. The quantitative estimate of drug-likeness (QED) is 0.710. The molecule has 1 rings (SSSR count). The minimum Gasteiger partial charge on any atom is -0.464 e. The van der Waals surface area contributed by atoms with Crippen LogP contribution in [0.5, 0.6) is 6.01 Å². The zero-order valence-corrected chi connectivity index (χ0v) is 13.1. The molecule has 1 aromatic rings. The van der Waals surface area contributed by atoms with Crippen LogP contribution in [0.4, 0.5) is 11.9 Å². The Kier molecular flexibility index (Phi) is 7.00. The van der Waals surface area contributed by atoms with Gasteiger partial charge in [0.2, 0.25) is 11.9 Å². The number of nitrogens with one attached hydrogen (secondary N) is 2. The third kappa shape index (κ3) is 5.16. The summed E-state index contributed by atoms with van der Waals surface area (Å²) in [5, 5.41) is 6.20. The molecule has 0 aromatic carbocycles. The van der Waals surface area contributed by atoms with Gasteiger partial charge in [0.25, 0.3) is 0 Å². The fraction of sp³-hybridized carbons (Fsp3) is 0.769. The van der Waals surface area contributed by atoms with Crippen molar-refractivity contribution in [2.24, 2.45) is 0 Å². The van der Waals surface area contributed by atoms with E-state index < -0.39 is 0 Å². The van der Waals surface area contributed by atoms with Crippen molar-refractivity contribution in [2.45, 2.75) is 33.7 Å². The molecule has 114 valence electrons. The number of hydrogen-bond donors (Lipinski definition) is 2. The number of anilines is 2. The van der Waals surface area contributed by atoms with Gasteiger partial charge in [0.05, 0.1) is 6.61 Å². The molecular weight excluding hydrogens is 256 g/mol. The van der Waals surface area contributed by atoms with Crippen LogP contribution in [0.15, 0.2) is 0 Å². The summed E-state index contributed by atoms with van der Waals surface area (Å²) in [6, 6.07) is 0.584. The molecule has 0 saturated carbocycles. The summed E-state index contributed by atoms with van der Waals surface area (Å²) in [6.45, 7) is 11.9. The predicted octanol–water partition coefficient (Wildman–Crippen LogP) is 1.45. The lowest BCUT2D eigenvalue weighted by Gasteiger charge is -2.23. The highest BCUT2D eigenvalue weighted by atomic mass is 16.5. The van der Waals surface area contributed by atoms with E-state index in [0.29, 0.717) is 24.5 Å². The van der Waals surface area contributed by atoms with Crippen molar-refractivity contribution >= 4 is 11.9 Å². The summed E-state index contributed by atoms with van der Waals surface area (Å²) in [5.74, 6) is 1.04. The van der Waals surface area contributed by atoms with Crippen molar-refractivity contribution in [2.75, 3.05) is 43.9 Å². The Morgan fingerprint density at radius 3 is 2.30 bits per heavy atom. The summed E-state index contributed by atoms with van der Waals surface area (Å²) in [4.78, 5) is 15.0. The maximum Gasteiger partial charge on any atom is 0.323 e. The second kappa shape index (κ2) is 8.52. The maximum absolute atomic E-state index is 5.34. The van der Waals surface area contributed by atoms with Gasteiger partial charge in [-0.1, -0.05) is 13.8 Å². The molecule has 0 bridgehead atoms. The molecule has 0 radical (unpaired) electrons. The van der Waals surface area contributed by atoms with Gasteiger partial charge in [0.15, 0.2) is 0 Å². The van der Waals surface area contributed by atoms with E-state index in [1.807, 2.05) is 6.92 Å². The van der Waals surface area contributed by atoms with Gasteiger partial charge in [-0.25, -0.2) is 0 Å². The Bertz CT molecular complexity index is 396. The lowest BCUT2D eigenvalue weighted by Crippen LogP contribution is -2.35. The highest BCUT2D eigenvalue weighted by molar-refractivity contribution is 5.36. The lowest BCUT2D eigenvalue weighted by molar-refractivity contribution is 0.293. The van der Waals surface area contributed by atoms with E-state index in [4.69, 9.17) is 4.74 Å². The second-order valence-electron chi connectivity index (χ2n) is 4.48. The number of likely N-dealkylation sites (N-methyl/N-ethyl adjacent to an activating group) is 1. The number of ether oxygens (including phenoxy) is 1. The fourth-order valence-electron chi connectivity index (χ4n) is 1.86. The molecule has 7 nitrogen and oxygen atoms in total. The van der Waals surface area contributed by atoms with Crippen LogP contribution in [0.3, 0.4) is 0 Å². The van der Waals surface area contributed by atoms with Crippen LogP contribution in [-0.2, 0) is 0 Å². The van der Waals surface area contributed by atoms with Crippen LogP contribution in [0, 0.1) is 0 Å². The first-order chi connectivity index (χ1) is 9.62. The molecule has 0 fully saturated rings. The fourth-order valence-corrected chi connectivity index (χ4v) is 1.86. The van der Waals surface area contributed by atoms with Gasteiger partial charge in [-0.15, -0.1) is 0 Å². The Balaban J connectivity index is 2.72. The van der Waals surface area contributed by atoms with Crippen molar-refractivity contribution in [3.8, 4) is 6.01 Å². The normalized spacial score (nSPS) is 12.3. The predicted molar refractivity (Wildman–Crippen MR) is 81.4 cm³/mol. The van der Waals surface area contributed by atoms with Gasteiger partial charge in [0.1, 0.15) is 0 Å². The highest BCUT2D eigenvalue weighted by Gasteiger charge is 2.11. The van der Waals surface area contributed by atoms with Crippen LogP contribution in [-0.4, -0.2) is 59.2 Å². The lowest BCUT2D eigenvalue weighted by atomic mass is 10.3. The monoisotopic (exact) mass is 282 g/mol. The van der Waals surface area contributed by atoms with Crippen molar-refractivity contribution in [3.63, 3.8) is 0 Å². The summed E-state index contributed by atoms with van der Waals surface area (Å²) in [5.41, 5.74) is 0. The molecule has 1 heterocycles. The van der Waals surface area contributed by atoms with Crippen molar-refractivity contribution in [1.82, 2.24) is 19.9 Å². The molecule has 0 saturated heterocycles. The van der Waals surface area contributed by atoms with Crippen LogP contribution in [0.25, 0.3) is 0 Å². The van der Waals surface area contributed by atoms with Crippen molar-refractivity contribution < 1.29 is 4.74 Å². The number of nitrogens with zero attached hydrogens (tertiary/aromatic N) is 4. The third-order valence-electron chi connectivity index (χ3n) is 2.91. The zero-order valence-electron chi connectivity index (χ0n) is 13.1. The Morgan fingerprint density at radius 2 is 1.75 bits per heavy atom. The van der Waals surface area contributed by atoms with E-state index in [2.05, 4.69) is 51.3 Å². The molecule has 0 amide bonds. The van der Waals surface area contributed by atoms with E-state index in [0.717, 1.165) is 19.6 Å². The highest BCUT2D eigenvalue weighted by Crippen LogP contribution is 2.11. The van der Waals surface area contributed by atoms with Crippen LogP contribution in [0.1, 0.15) is 27.7 Å². The molecule has 7 heteroatoms. The molecule has 0 aliphatic carbocycles. The van der Waals surface area contributed by atoms with Crippen LogP contribution in [0.2, 0.25) is 0 Å². The molecule has 0 aliphatic rings. The van der Waals surface area contributed by atoms with Crippen LogP contribution < -0.4 is 15.4 Å². The average molecular weight is 282 g/mol. The smallest absolute Gasteiger partial charge is 0.323 e. The minimum absolute atomic E-state index is 0.247. The SMILES string of the molecule is CCOc1nc(NC)nc(NC(C)CN(CC)CC)n1. The molecule has 0 aliphatic heterocycles. The maximum atomic E-state index is 5.34. The number of hydrogen-bond acceptors (Lipinski definition) is 7. The topological polar surface area (TPSA) is 75.2 Å². The van der Waals surface area contributed by atoms with Gasteiger partial charge in [-0.2, -0.15) is 15.0 Å². The minimum atomic E-state index is 0.247. The Labute approximate surface area is 121 Å². The molecule has 0 spiro atoms. The zero-order chi connectivity index (χ0) is 15.0. The van der Waals surface area contributed by atoms with E-state index in [9.17, 15) is 0 Å². The van der Waals surface area contributed by atoms with Gasteiger partial charge >= 0.3 is 6.01 Å². The van der Waals surface area contributed by atoms with E-state index >= 15 is 0 Å². The van der Waals surface area contributed by atoms with E-state index in [-0.39, 0.29) is 6.04 Å². The second-order valence-corrected chi connectivity index (χ2v) is 4.48. The molecule has 1 aromatic heterocycles. The standard InChI is InChI=1S/C13H26N6O/c1-6-19(7-2)9-10(4)15-12-16-11(14-5)17-13(18-12)20-8-3/h10H,6-9H2,1-5H3,(H2,14,15,16,17,18). The van der Waals surface area contributed by atoms with E-state index in [1.54, 1.807) is 7.05 Å². The largest absolute Gasteiger partial charge is 0.464 e. The van der Waals surface area contributed by atoms with Crippen molar-refractivity contribution in [3.05, 3.63) is 0 Å². The first-order valence-corrected chi connectivity index (χ1v) is 7.18.